The SMILES string of the molecule is CCCCCCC(C=O)(C=O)c1ccccc1. The molecular weight excluding hydrogens is 212 g/mol. The molecule has 0 N–H and O–H groups in total. The molecule has 0 aliphatic carbocycles. The Morgan fingerprint density at radius 2 is 1.65 bits per heavy atom. The molecule has 0 saturated carbocycles. The van der Waals surface area contributed by atoms with E-state index in [9.17, 15) is 9.59 Å². The van der Waals surface area contributed by atoms with Gasteiger partial charge in [0.25, 0.3) is 0 Å². The number of aldehydes is 2. The number of unbranched alkanes of at least 4 members (excludes halogenated alkanes) is 3. The molecule has 0 aliphatic heterocycles. The molecule has 0 bridgehead atoms. The lowest BCUT2D eigenvalue weighted by molar-refractivity contribution is -0.121. The minimum absolute atomic E-state index is 0.615. The summed E-state index contributed by atoms with van der Waals surface area (Å²) in [5, 5.41) is 0. The highest BCUT2D eigenvalue weighted by molar-refractivity contribution is 5.91. The van der Waals surface area contributed by atoms with Crippen LogP contribution in [-0.2, 0) is 15.0 Å². The van der Waals surface area contributed by atoms with E-state index in [-0.39, 0.29) is 0 Å². The van der Waals surface area contributed by atoms with Crippen molar-refractivity contribution in [2.24, 2.45) is 0 Å². The fourth-order valence-electron chi connectivity index (χ4n) is 2.02. The lowest BCUT2D eigenvalue weighted by Gasteiger charge is -2.21. The molecule has 1 rings (SSSR count). The van der Waals surface area contributed by atoms with Gasteiger partial charge in [-0.3, -0.25) is 0 Å². The van der Waals surface area contributed by atoms with Gasteiger partial charge in [0, 0.05) is 0 Å². The van der Waals surface area contributed by atoms with Gasteiger partial charge in [-0.05, 0) is 12.0 Å². The number of rotatable bonds is 8. The first-order valence-corrected chi connectivity index (χ1v) is 6.27. The van der Waals surface area contributed by atoms with E-state index in [0.717, 1.165) is 43.8 Å². The second kappa shape index (κ2) is 7.00. The van der Waals surface area contributed by atoms with Gasteiger partial charge in [-0.25, -0.2) is 0 Å². The van der Waals surface area contributed by atoms with Crippen molar-refractivity contribution in [3.8, 4) is 0 Å². The normalized spacial score (nSPS) is 11.1. The average molecular weight is 232 g/mol. The predicted molar refractivity (Wildman–Crippen MR) is 69.0 cm³/mol. The van der Waals surface area contributed by atoms with Crippen molar-refractivity contribution in [2.75, 3.05) is 0 Å². The van der Waals surface area contributed by atoms with Crippen LogP contribution in [0.4, 0.5) is 0 Å². The summed E-state index contributed by atoms with van der Waals surface area (Å²) in [7, 11) is 0. The average Bonchev–Trinajstić information content (AvgIpc) is 2.41. The van der Waals surface area contributed by atoms with Crippen LogP contribution in [0, 0.1) is 0 Å². The lowest BCUT2D eigenvalue weighted by Crippen LogP contribution is -2.29. The number of benzene rings is 1. The van der Waals surface area contributed by atoms with Gasteiger partial charge in [-0.2, -0.15) is 0 Å². The third-order valence-corrected chi connectivity index (χ3v) is 3.18. The van der Waals surface area contributed by atoms with E-state index in [2.05, 4.69) is 6.92 Å². The maximum absolute atomic E-state index is 11.3. The molecule has 17 heavy (non-hydrogen) atoms. The quantitative estimate of drug-likeness (QED) is 0.391. The van der Waals surface area contributed by atoms with Gasteiger partial charge in [-0.1, -0.05) is 62.9 Å². The standard InChI is InChI=1S/C15H20O2/c1-2-3-4-8-11-15(12-16,13-17)14-9-6-5-7-10-14/h5-7,9-10,12-13H,2-4,8,11H2,1H3. The summed E-state index contributed by atoms with van der Waals surface area (Å²) in [4.78, 5) is 22.6. The molecule has 92 valence electrons. The first-order valence-electron chi connectivity index (χ1n) is 6.27. The highest BCUT2D eigenvalue weighted by Gasteiger charge is 2.30. The molecule has 0 saturated heterocycles. The van der Waals surface area contributed by atoms with E-state index in [1.807, 2.05) is 30.3 Å². The van der Waals surface area contributed by atoms with Crippen molar-refractivity contribution in [1.82, 2.24) is 0 Å². The molecule has 0 amide bonds. The second-order valence-electron chi connectivity index (χ2n) is 4.45. The Morgan fingerprint density at radius 3 is 2.18 bits per heavy atom. The Bertz CT molecular complexity index is 335. The molecule has 0 radical (unpaired) electrons. The highest BCUT2D eigenvalue weighted by atomic mass is 16.1. The molecule has 0 spiro atoms. The summed E-state index contributed by atoms with van der Waals surface area (Å²) in [6.45, 7) is 2.14. The first kappa shape index (κ1) is 13.6. The third-order valence-electron chi connectivity index (χ3n) is 3.18. The fraction of sp³-hybridized carbons (Fsp3) is 0.467. The van der Waals surface area contributed by atoms with Gasteiger partial charge in [0.15, 0.2) is 0 Å². The van der Waals surface area contributed by atoms with E-state index in [1.165, 1.54) is 0 Å². The van der Waals surface area contributed by atoms with Crippen LogP contribution in [-0.4, -0.2) is 12.6 Å². The zero-order chi connectivity index (χ0) is 12.6. The summed E-state index contributed by atoms with van der Waals surface area (Å²) >= 11 is 0. The van der Waals surface area contributed by atoms with Crippen LogP contribution >= 0.6 is 0 Å². The molecule has 0 aromatic heterocycles. The monoisotopic (exact) mass is 232 g/mol. The van der Waals surface area contributed by atoms with Crippen molar-refractivity contribution >= 4 is 12.6 Å². The molecule has 0 atom stereocenters. The molecule has 2 heteroatoms. The Balaban J connectivity index is 2.75. The summed E-state index contributed by atoms with van der Waals surface area (Å²) in [5.41, 5.74) is -0.129. The largest absolute Gasteiger partial charge is 0.302 e. The molecule has 2 nitrogen and oxygen atoms in total. The van der Waals surface area contributed by atoms with Gasteiger partial charge >= 0.3 is 0 Å². The van der Waals surface area contributed by atoms with Crippen LogP contribution < -0.4 is 0 Å². The molecule has 0 unspecified atom stereocenters. The Labute approximate surface area is 103 Å². The zero-order valence-electron chi connectivity index (χ0n) is 10.4. The molecule has 1 aromatic carbocycles. The van der Waals surface area contributed by atoms with E-state index in [1.54, 1.807) is 0 Å². The first-order chi connectivity index (χ1) is 8.29. The van der Waals surface area contributed by atoms with Crippen LogP contribution in [0.5, 0.6) is 0 Å². The van der Waals surface area contributed by atoms with Crippen LogP contribution in [0.1, 0.15) is 44.6 Å². The van der Waals surface area contributed by atoms with Gasteiger partial charge in [0.05, 0.1) is 0 Å². The summed E-state index contributed by atoms with van der Waals surface area (Å²) in [5.74, 6) is 0. The molecule has 0 aliphatic rings. The van der Waals surface area contributed by atoms with Crippen LogP contribution in [0.15, 0.2) is 30.3 Å². The molecule has 1 aromatic rings. The number of carbonyl (C=O) groups is 2. The number of hydrogen-bond acceptors (Lipinski definition) is 2. The van der Waals surface area contributed by atoms with Crippen LogP contribution in [0.2, 0.25) is 0 Å². The van der Waals surface area contributed by atoms with Gasteiger partial charge in [0.1, 0.15) is 18.0 Å². The summed E-state index contributed by atoms with van der Waals surface area (Å²) in [6.07, 6.45) is 6.50. The Hall–Kier alpha value is -1.44. The maximum Gasteiger partial charge on any atom is 0.137 e. The third kappa shape index (κ3) is 3.52. The van der Waals surface area contributed by atoms with Crippen molar-refractivity contribution in [1.29, 1.82) is 0 Å². The Morgan fingerprint density at radius 1 is 1.00 bits per heavy atom. The van der Waals surface area contributed by atoms with Crippen molar-refractivity contribution in [3.63, 3.8) is 0 Å². The second-order valence-corrected chi connectivity index (χ2v) is 4.45. The van der Waals surface area contributed by atoms with Crippen molar-refractivity contribution < 1.29 is 9.59 Å². The molecular formula is C15H20O2. The van der Waals surface area contributed by atoms with Crippen molar-refractivity contribution in [2.45, 2.75) is 44.4 Å². The summed E-state index contributed by atoms with van der Waals surface area (Å²) in [6, 6.07) is 9.32. The minimum Gasteiger partial charge on any atom is -0.302 e. The van der Waals surface area contributed by atoms with E-state index < -0.39 is 5.41 Å². The minimum atomic E-state index is -0.936. The predicted octanol–water partition coefficient (Wildman–Crippen LogP) is 3.29. The molecule has 0 heterocycles. The number of carbonyl (C=O) groups excluding carboxylic acids is 2. The fourth-order valence-corrected chi connectivity index (χ4v) is 2.02. The van der Waals surface area contributed by atoms with Crippen molar-refractivity contribution in [3.05, 3.63) is 35.9 Å². The van der Waals surface area contributed by atoms with Crippen LogP contribution in [0.25, 0.3) is 0 Å². The maximum atomic E-state index is 11.3. The van der Waals surface area contributed by atoms with E-state index in [4.69, 9.17) is 0 Å². The van der Waals surface area contributed by atoms with E-state index in [0.29, 0.717) is 6.42 Å². The zero-order valence-corrected chi connectivity index (χ0v) is 10.4. The summed E-state index contributed by atoms with van der Waals surface area (Å²) < 4.78 is 0. The topological polar surface area (TPSA) is 34.1 Å². The van der Waals surface area contributed by atoms with E-state index >= 15 is 0 Å². The van der Waals surface area contributed by atoms with Gasteiger partial charge < -0.3 is 9.59 Å². The Kier molecular flexibility index (Phi) is 5.61. The smallest absolute Gasteiger partial charge is 0.137 e. The van der Waals surface area contributed by atoms with Crippen LogP contribution in [0.3, 0.4) is 0 Å². The molecule has 0 fully saturated rings. The highest BCUT2D eigenvalue weighted by Crippen LogP contribution is 2.26. The lowest BCUT2D eigenvalue weighted by atomic mass is 9.79. The van der Waals surface area contributed by atoms with Gasteiger partial charge in [-0.15, -0.1) is 0 Å². The number of hydrogen-bond donors (Lipinski definition) is 0. The van der Waals surface area contributed by atoms with Gasteiger partial charge in [0.2, 0.25) is 0 Å².